The maximum atomic E-state index is 10.6. The van der Waals surface area contributed by atoms with Gasteiger partial charge in [-0.15, -0.1) is 0 Å². The van der Waals surface area contributed by atoms with Crippen LogP contribution >= 0.6 is 0 Å². The number of ether oxygens (including phenoxy) is 2. The van der Waals surface area contributed by atoms with Gasteiger partial charge >= 0.3 is 0 Å². The van der Waals surface area contributed by atoms with E-state index in [9.17, 15) is 15.3 Å². The van der Waals surface area contributed by atoms with E-state index in [0.717, 1.165) is 28.9 Å². The number of nitrogen functional groups attached to an aromatic ring is 1. The normalized spacial score (nSPS) is 21.2. The number of aliphatic hydroxyl groups is 3. The van der Waals surface area contributed by atoms with E-state index < -0.39 is 31.1 Å². The van der Waals surface area contributed by atoms with Crippen molar-refractivity contribution in [2.24, 2.45) is 5.73 Å². The van der Waals surface area contributed by atoms with Gasteiger partial charge in [0.2, 0.25) is 5.95 Å². The Morgan fingerprint density at radius 2 is 1.71 bits per heavy atom. The first-order chi connectivity index (χ1) is 18.5. The number of aromatic nitrogens is 4. The Balaban J connectivity index is 1.33. The molecule has 0 saturated carbocycles. The van der Waals surface area contributed by atoms with Gasteiger partial charge in [0.15, 0.2) is 23.2 Å². The van der Waals surface area contributed by atoms with Crippen LogP contribution in [-0.4, -0.2) is 72.9 Å². The zero-order chi connectivity index (χ0) is 26.6. The number of aliphatic hydroxyl groups excluding tert-OH is 3. The minimum atomic E-state index is -1.31. The van der Waals surface area contributed by atoms with Crippen LogP contribution in [0.25, 0.3) is 22.3 Å². The number of imidazole rings is 1. The molecule has 0 aliphatic carbocycles. The predicted octanol–water partition coefficient (Wildman–Crippen LogP) is 1.03. The second kappa shape index (κ2) is 11.3. The fraction of sp³-hybridized carbons (Fsp3) is 0.346. The Morgan fingerprint density at radius 1 is 1.00 bits per heavy atom. The van der Waals surface area contributed by atoms with Crippen LogP contribution in [0, 0.1) is 0 Å². The number of hydrogen-bond donors (Lipinski definition) is 6. The van der Waals surface area contributed by atoms with E-state index in [-0.39, 0.29) is 5.82 Å². The Kier molecular flexibility index (Phi) is 7.67. The van der Waals surface area contributed by atoms with Crippen molar-refractivity contribution in [1.29, 1.82) is 0 Å². The van der Waals surface area contributed by atoms with Gasteiger partial charge in [0, 0.05) is 6.54 Å². The van der Waals surface area contributed by atoms with Gasteiger partial charge in [-0.05, 0) is 41.8 Å². The zero-order valence-electron chi connectivity index (χ0n) is 20.6. The highest BCUT2D eigenvalue weighted by molar-refractivity contribution is 5.84. The number of rotatable bonds is 10. The molecule has 1 saturated heterocycles. The van der Waals surface area contributed by atoms with Gasteiger partial charge in [0.1, 0.15) is 30.4 Å². The molecule has 38 heavy (non-hydrogen) atoms. The molecular weight excluding hydrogens is 490 g/mol. The van der Waals surface area contributed by atoms with Crippen molar-refractivity contribution in [1.82, 2.24) is 19.5 Å². The summed E-state index contributed by atoms with van der Waals surface area (Å²) < 4.78 is 12.9. The fourth-order valence-electron chi connectivity index (χ4n) is 4.40. The van der Waals surface area contributed by atoms with Gasteiger partial charge < -0.3 is 41.6 Å². The largest absolute Gasteiger partial charge is 0.494 e. The third kappa shape index (κ3) is 5.12. The highest BCUT2D eigenvalue weighted by Crippen LogP contribution is 2.35. The molecular formula is C26H31N7O5. The van der Waals surface area contributed by atoms with Crippen LogP contribution in [0.2, 0.25) is 0 Å². The lowest BCUT2D eigenvalue weighted by Gasteiger charge is -2.19. The maximum absolute atomic E-state index is 10.6. The van der Waals surface area contributed by atoms with Gasteiger partial charge in [-0.1, -0.05) is 36.4 Å². The second-order valence-corrected chi connectivity index (χ2v) is 9.03. The molecule has 2 aromatic carbocycles. The molecule has 0 spiro atoms. The van der Waals surface area contributed by atoms with Gasteiger partial charge in [-0.2, -0.15) is 0 Å². The third-order valence-electron chi connectivity index (χ3n) is 6.49. The van der Waals surface area contributed by atoms with Gasteiger partial charge in [-0.3, -0.25) is 4.57 Å². The first-order valence-electron chi connectivity index (χ1n) is 12.4. The fourth-order valence-corrected chi connectivity index (χ4v) is 4.40. The molecule has 5 rings (SSSR count). The number of nitrogens with two attached hydrogens (primary N) is 2. The molecule has 0 amide bonds. The summed E-state index contributed by atoms with van der Waals surface area (Å²) >= 11 is 0. The molecule has 12 nitrogen and oxygen atoms in total. The smallest absolute Gasteiger partial charge is 0.207 e. The van der Waals surface area contributed by atoms with E-state index in [1.54, 1.807) is 0 Å². The molecule has 4 atom stereocenters. The van der Waals surface area contributed by atoms with Crippen molar-refractivity contribution in [2.75, 3.05) is 30.8 Å². The van der Waals surface area contributed by atoms with E-state index >= 15 is 0 Å². The van der Waals surface area contributed by atoms with Crippen molar-refractivity contribution in [3.8, 4) is 16.9 Å². The standard InChI is InChI=1S/C26H31N7O5/c27-10-1-11-37-18-8-6-17(7-9-18)16-4-2-15(3-5-16)12-29-26-32-20-23(28)30-14-31-24(20)33(26)25-22(36)21(35)19(13-34)38-25/h2-9,14,19,21-22,25,34-36H,1,10-13,27H2,(H,29,32)(H2,28,30,31)/t19-,21-,22-,25-/m1/s1. The molecule has 200 valence electrons. The van der Waals surface area contributed by atoms with Crippen LogP contribution in [0.15, 0.2) is 54.9 Å². The Bertz CT molecular complexity index is 1360. The summed E-state index contributed by atoms with van der Waals surface area (Å²) in [6.07, 6.45) is -2.45. The molecule has 3 heterocycles. The highest BCUT2D eigenvalue weighted by atomic mass is 16.6. The summed E-state index contributed by atoms with van der Waals surface area (Å²) in [7, 11) is 0. The number of nitrogens with zero attached hydrogens (tertiary/aromatic N) is 4. The lowest BCUT2D eigenvalue weighted by Crippen LogP contribution is -2.33. The van der Waals surface area contributed by atoms with Crippen molar-refractivity contribution in [2.45, 2.75) is 37.5 Å². The van der Waals surface area contributed by atoms with E-state index in [1.807, 2.05) is 48.5 Å². The average molecular weight is 522 g/mol. The SMILES string of the molecule is NCCCOc1ccc(-c2ccc(CNc3nc4c(N)ncnc4n3[C@@H]3O[C@H](CO)[C@@H](O)[C@H]3O)cc2)cc1. The zero-order valence-corrected chi connectivity index (χ0v) is 20.6. The van der Waals surface area contributed by atoms with Crippen LogP contribution in [-0.2, 0) is 11.3 Å². The van der Waals surface area contributed by atoms with Crippen molar-refractivity contribution >= 4 is 22.9 Å². The van der Waals surface area contributed by atoms with Crippen LogP contribution in [0.1, 0.15) is 18.2 Å². The first-order valence-corrected chi connectivity index (χ1v) is 12.4. The molecule has 1 fully saturated rings. The molecule has 1 aliphatic heterocycles. The van der Waals surface area contributed by atoms with Gasteiger partial charge in [-0.25, -0.2) is 15.0 Å². The summed E-state index contributed by atoms with van der Waals surface area (Å²) in [4.78, 5) is 12.8. The topological polar surface area (TPSA) is 187 Å². The van der Waals surface area contributed by atoms with E-state index in [4.69, 9.17) is 20.9 Å². The molecule has 8 N–H and O–H groups in total. The summed E-state index contributed by atoms with van der Waals surface area (Å²) in [5, 5.41) is 33.7. The van der Waals surface area contributed by atoms with E-state index in [0.29, 0.717) is 36.8 Å². The highest BCUT2D eigenvalue weighted by Gasteiger charge is 2.45. The maximum Gasteiger partial charge on any atom is 0.207 e. The first kappa shape index (κ1) is 25.8. The van der Waals surface area contributed by atoms with E-state index in [1.165, 1.54) is 10.9 Å². The lowest BCUT2D eigenvalue weighted by molar-refractivity contribution is -0.0501. The molecule has 0 unspecified atom stereocenters. The molecule has 2 aromatic heterocycles. The predicted molar refractivity (Wildman–Crippen MR) is 141 cm³/mol. The number of anilines is 2. The minimum absolute atomic E-state index is 0.170. The molecule has 12 heteroatoms. The molecule has 1 aliphatic rings. The number of benzene rings is 2. The number of fused-ring (bicyclic) bond motifs is 1. The van der Waals surface area contributed by atoms with Crippen LogP contribution in [0.3, 0.4) is 0 Å². The Morgan fingerprint density at radius 3 is 2.37 bits per heavy atom. The number of nitrogens with one attached hydrogen (secondary N) is 1. The van der Waals surface area contributed by atoms with Gasteiger partial charge in [0.05, 0.1) is 13.2 Å². The van der Waals surface area contributed by atoms with Crippen molar-refractivity contribution < 1.29 is 24.8 Å². The quantitative estimate of drug-likeness (QED) is 0.164. The van der Waals surface area contributed by atoms with Crippen molar-refractivity contribution in [3.63, 3.8) is 0 Å². The summed E-state index contributed by atoms with van der Waals surface area (Å²) in [6.45, 7) is 1.15. The Hall–Kier alpha value is -3.81. The van der Waals surface area contributed by atoms with Crippen LogP contribution in [0.5, 0.6) is 5.75 Å². The van der Waals surface area contributed by atoms with Gasteiger partial charge in [0.25, 0.3) is 0 Å². The average Bonchev–Trinajstić information content (AvgIpc) is 3.45. The third-order valence-corrected chi connectivity index (χ3v) is 6.49. The monoisotopic (exact) mass is 521 g/mol. The lowest BCUT2D eigenvalue weighted by atomic mass is 10.0. The minimum Gasteiger partial charge on any atom is -0.494 e. The summed E-state index contributed by atoms with van der Waals surface area (Å²) in [5.41, 5.74) is 15.3. The van der Waals surface area contributed by atoms with E-state index in [2.05, 4.69) is 20.3 Å². The molecule has 0 radical (unpaired) electrons. The van der Waals surface area contributed by atoms with Crippen LogP contribution in [0.4, 0.5) is 11.8 Å². The summed E-state index contributed by atoms with van der Waals surface area (Å²) in [6, 6.07) is 16.0. The Labute approximate surface area is 218 Å². The molecule has 0 bridgehead atoms. The summed E-state index contributed by atoms with van der Waals surface area (Å²) in [5.74, 6) is 1.31. The second-order valence-electron chi connectivity index (χ2n) is 9.03. The van der Waals surface area contributed by atoms with Crippen LogP contribution < -0.4 is 21.5 Å². The molecule has 4 aromatic rings. The number of hydrogen-bond acceptors (Lipinski definition) is 11. The van der Waals surface area contributed by atoms with Crippen molar-refractivity contribution in [3.05, 3.63) is 60.4 Å².